The van der Waals surface area contributed by atoms with E-state index < -0.39 is 29.4 Å². The van der Waals surface area contributed by atoms with Crippen LogP contribution in [0.1, 0.15) is 49.4 Å². The second-order valence-electron chi connectivity index (χ2n) is 6.92. The number of non-ortho nitro benzene ring substituents is 1. The van der Waals surface area contributed by atoms with Gasteiger partial charge in [-0.2, -0.15) is 0 Å². The summed E-state index contributed by atoms with van der Waals surface area (Å²) in [4.78, 5) is 46.1. The van der Waals surface area contributed by atoms with E-state index in [1.54, 1.807) is 0 Å². The number of hydrogen-bond donors (Lipinski definition) is 2. The van der Waals surface area contributed by atoms with Crippen LogP contribution in [0.2, 0.25) is 0 Å². The van der Waals surface area contributed by atoms with E-state index in [9.17, 15) is 24.5 Å². The zero-order valence-electron chi connectivity index (χ0n) is 15.8. The second kappa shape index (κ2) is 10.4. The van der Waals surface area contributed by atoms with Gasteiger partial charge in [0.05, 0.1) is 4.92 Å². The number of carbonyl (C=O) groups excluding carboxylic acids is 3. The van der Waals surface area contributed by atoms with Gasteiger partial charge in [0.1, 0.15) is 6.04 Å². The lowest BCUT2D eigenvalue weighted by atomic mass is 9.89. The van der Waals surface area contributed by atoms with Crippen molar-refractivity contribution >= 4 is 23.5 Å². The molecule has 1 aromatic carbocycles. The quantitative estimate of drug-likeness (QED) is 0.396. The highest BCUT2D eigenvalue weighted by Crippen LogP contribution is 2.22. The maximum atomic E-state index is 12.1. The summed E-state index contributed by atoms with van der Waals surface area (Å²) >= 11 is 0. The molecule has 0 radical (unpaired) electrons. The Morgan fingerprint density at radius 3 is 2.64 bits per heavy atom. The Kier molecular flexibility index (Phi) is 7.91. The standard InChI is InChI=1S/C19H25N3O6/c1-13(21-18(24)15-8-5-9-16(10-15)22(26)27)19(25)28-12-17(23)20-11-14-6-3-2-4-7-14/h5,8-10,13-14H,2-4,6-7,11-12H2,1H3,(H,20,23)(H,21,24)/t13-/m0/s1. The Balaban J connectivity index is 1.74. The fraction of sp³-hybridized carbons (Fsp3) is 0.526. The predicted octanol–water partition coefficient (Wildman–Crippen LogP) is 1.95. The van der Waals surface area contributed by atoms with Crippen molar-refractivity contribution in [1.82, 2.24) is 10.6 Å². The van der Waals surface area contributed by atoms with Crippen molar-refractivity contribution in [3.05, 3.63) is 39.9 Å². The first-order valence-corrected chi connectivity index (χ1v) is 9.35. The number of nitro groups is 1. The number of amides is 2. The number of carbonyl (C=O) groups is 3. The minimum atomic E-state index is -1.00. The molecule has 1 atom stereocenters. The molecule has 1 fully saturated rings. The van der Waals surface area contributed by atoms with E-state index in [1.165, 1.54) is 44.4 Å². The van der Waals surface area contributed by atoms with Crippen LogP contribution >= 0.6 is 0 Å². The summed E-state index contributed by atoms with van der Waals surface area (Å²) in [6, 6.07) is 4.16. The molecule has 0 spiro atoms. The summed E-state index contributed by atoms with van der Waals surface area (Å²) in [6.07, 6.45) is 5.79. The van der Waals surface area contributed by atoms with Crippen molar-refractivity contribution in [2.75, 3.05) is 13.2 Å². The molecule has 1 aromatic rings. The molecule has 2 rings (SSSR count). The Morgan fingerprint density at radius 1 is 1.25 bits per heavy atom. The van der Waals surface area contributed by atoms with Crippen LogP contribution in [0, 0.1) is 16.0 Å². The number of nitro benzene ring substituents is 1. The van der Waals surface area contributed by atoms with Crippen molar-refractivity contribution in [2.45, 2.75) is 45.1 Å². The van der Waals surface area contributed by atoms with Gasteiger partial charge in [0.2, 0.25) is 0 Å². The Labute approximate surface area is 163 Å². The average molecular weight is 391 g/mol. The predicted molar refractivity (Wildman–Crippen MR) is 101 cm³/mol. The van der Waals surface area contributed by atoms with E-state index in [1.807, 2.05) is 0 Å². The lowest BCUT2D eigenvalue weighted by Gasteiger charge is -2.21. The van der Waals surface area contributed by atoms with Crippen molar-refractivity contribution < 1.29 is 24.0 Å². The minimum Gasteiger partial charge on any atom is -0.454 e. The average Bonchev–Trinajstić information content (AvgIpc) is 2.71. The van der Waals surface area contributed by atoms with Gasteiger partial charge < -0.3 is 15.4 Å². The monoisotopic (exact) mass is 391 g/mol. The molecule has 1 aliphatic carbocycles. The normalized spacial score (nSPS) is 15.3. The van der Waals surface area contributed by atoms with Crippen LogP contribution in [-0.4, -0.2) is 41.9 Å². The van der Waals surface area contributed by atoms with Gasteiger partial charge in [0.15, 0.2) is 6.61 Å². The number of nitrogens with one attached hydrogen (secondary N) is 2. The van der Waals surface area contributed by atoms with Crippen LogP contribution in [0.4, 0.5) is 5.69 Å². The first-order valence-electron chi connectivity index (χ1n) is 9.35. The number of ether oxygens (including phenoxy) is 1. The molecule has 28 heavy (non-hydrogen) atoms. The van der Waals surface area contributed by atoms with Crippen molar-refractivity contribution in [1.29, 1.82) is 0 Å². The van der Waals surface area contributed by atoms with Crippen LogP contribution in [0.15, 0.2) is 24.3 Å². The molecule has 2 amide bonds. The van der Waals surface area contributed by atoms with Crippen molar-refractivity contribution in [3.8, 4) is 0 Å². The van der Waals surface area contributed by atoms with Gasteiger partial charge in [-0.1, -0.05) is 25.3 Å². The third-order valence-corrected chi connectivity index (χ3v) is 4.68. The molecule has 0 saturated heterocycles. The van der Waals surface area contributed by atoms with E-state index in [2.05, 4.69) is 10.6 Å². The largest absolute Gasteiger partial charge is 0.454 e. The second-order valence-corrected chi connectivity index (χ2v) is 6.92. The van der Waals surface area contributed by atoms with Gasteiger partial charge in [0, 0.05) is 24.2 Å². The molecule has 2 N–H and O–H groups in total. The van der Waals surface area contributed by atoms with E-state index in [0.717, 1.165) is 18.9 Å². The topological polar surface area (TPSA) is 128 Å². The summed E-state index contributed by atoms with van der Waals surface area (Å²) in [6.45, 7) is 1.58. The van der Waals surface area contributed by atoms with Crippen molar-refractivity contribution in [2.24, 2.45) is 5.92 Å². The van der Waals surface area contributed by atoms with E-state index >= 15 is 0 Å². The molecule has 0 bridgehead atoms. The summed E-state index contributed by atoms with van der Waals surface area (Å²) in [5.74, 6) is -1.31. The molecule has 9 heteroatoms. The highest BCUT2D eigenvalue weighted by atomic mass is 16.6. The summed E-state index contributed by atoms with van der Waals surface area (Å²) < 4.78 is 4.93. The van der Waals surface area contributed by atoms with Crippen LogP contribution in [0.5, 0.6) is 0 Å². The Hall–Kier alpha value is -2.97. The number of esters is 1. The highest BCUT2D eigenvalue weighted by molar-refractivity contribution is 5.97. The molecule has 0 heterocycles. The molecular formula is C19H25N3O6. The summed E-state index contributed by atoms with van der Waals surface area (Å²) in [5, 5.41) is 15.9. The first kappa shape index (κ1) is 21.3. The van der Waals surface area contributed by atoms with Crippen LogP contribution in [0.3, 0.4) is 0 Å². The van der Waals surface area contributed by atoms with E-state index in [0.29, 0.717) is 12.5 Å². The van der Waals surface area contributed by atoms with Crippen molar-refractivity contribution in [3.63, 3.8) is 0 Å². The van der Waals surface area contributed by atoms with Gasteiger partial charge in [-0.05, 0) is 31.7 Å². The van der Waals surface area contributed by atoms with Crippen LogP contribution in [-0.2, 0) is 14.3 Å². The number of benzene rings is 1. The zero-order chi connectivity index (χ0) is 20.5. The number of rotatable bonds is 8. The summed E-state index contributed by atoms with van der Waals surface area (Å²) in [5.41, 5.74) is -0.170. The zero-order valence-corrected chi connectivity index (χ0v) is 15.8. The summed E-state index contributed by atoms with van der Waals surface area (Å²) in [7, 11) is 0. The highest BCUT2D eigenvalue weighted by Gasteiger charge is 2.21. The fourth-order valence-corrected chi connectivity index (χ4v) is 3.06. The van der Waals surface area contributed by atoms with Gasteiger partial charge in [0.25, 0.3) is 17.5 Å². The lowest BCUT2D eigenvalue weighted by Crippen LogP contribution is -2.41. The third-order valence-electron chi connectivity index (χ3n) is 4.68. The molecule has 152 valence electrons. The maximum Gasteiger partial charge on any atom is 0.328 e. The molecule has 1 saturated carbocycles. The van der Waals surface area contributed by atoms with E-state index in [-0.39, 0.29) is 17.2 Å². The lowest BCUT2D eigenvalue weighted by molar-refractivity contribution is -0.384. The van der Waals surface area contributed by atoms with Crippen LogP contribution < -0.4 is 10.6 Å². The molecule has 1 aliphatic rings. The Bertz CT molecular complexity index is 730. The molecule has 0 aliphatic heterocycles. The van der Waals surface area contributed by atoms with Crippen LogP contribution in [0.25, 0.3) is 0 Å². The minimum absolute atomic E-state index is 0.0547. The van der Waals surface area contributed by atoms with Gasteiger partial charge in [-0.3, -0.25) is 19.7 Å². The van der Waals surface area contributed by atoms with Gasteiger partial charge in [-0.25, -0.2) is 4.79 Å². The van der Waals surface area contributed by atoms with Gasteiger partial charge in [-0.15, -0.1) is 0 Å². The smallest absolute Gasteiger partial charge is 0.328 e. The maximum absolute atomic E-state index is 12.1. The molecule has 0 unspecified atom stereocenters. The molecular weight excluding hydrogens is 366 g/mol. The fourth-order valence-electron chi connectivity index (χ4n) is 3.06. The third kappa shape index (κ3) is 6.64. The SMILES string of the molecule is C[C@H](NC(=O)c1cccc([N+](=O)[O-])c1)C(=O)OCC(=O)NCC1CCCCC1. The number of nitrogens with zero attached hydrogens (tertiary/aromatic N) is 1. The number of hydrogen-bond acceptors (Lipinski definition) is 6. The van der Waals surface area contributed by atoms with Gasteiger partial charge >= 0.3 is 5.97 Å². The van der Waals surface area contributed by atoms with E-state index in [4.69, 9.17) is 4.74 Å². The first-order chi connectivity index (χ1) is 13.4. The Morgan fingerprint density at radius 2 is 1.96 bits per heavy atom. The molecule has 0 aromatic heterocycles. The molecule has 9 nitrogen and oxygen atoms in total.